The fourth-order valence-corrected chi connectivity index (χ4v) is 5.59. The molecule has 0 unspecified atom stereocenters. The Morgan fingerprint density at radius 3 is 2.41 bits per heavy atom. The van der Waals surface area contributed by atoms with Crippen molar-refractivity contribution < 1.29 is 22.7 Å². The minimum Gasteiger partial charge on any atom is -0.496 e. The van der Waals surface area contributed by atoms with Gasteiger partial charge in [-0.2, -0.15) is 17.9 Å². The standard InChI is InChI=1S/C25H35N3O5S/c1-3-33-18-17-27-34(30,31)28-21-13-15-25(16-14-21,20-9-5-4-6-10-20)19-26-24(29)22-11-7-8-12-23(22)32-2/h4-12,21,27-28H,3,13-19H2,1-2H3,(H,26,29)/t21-,25-. The van der Waals surface area contributed by atoms with Crippen molar-refractivity contribution in [3.63, 3.8) is 0 Å². The first-order valence-corrected chi connectivity index (χ1v) is 13.2. The number of hydrogen-bond acceptors (Lipinski definition) is 5. The van der Waals surface area contributed by atoms with E-state index in [0.29, 0.717) is 43.9 Å². The van der Waals surface area contributed by atoms with E-state index in [0.717, 1.165) is 18.4 Å². The maximum atomic E-state index is 12.9. The molecule has 1 aliphatic carbocycles. The van der Waals surface area contributed by atoms with Gasteiger partial charge in [-0.3, -0.25) is 4.79 Å². The van der Waals surface area contributed by atoms with Crippen molar-refractivity contribution in [1.29, 1.82) is 0 Å². The third-order valence-corrected chi connectivity index (χ3v) is 7.56. The van der Waals surface area contributed by atoms with Gasteiger partial charge in [0.25, 0.3) is 16.1 Å². The van der Waals surface area contributed by atoms with E-state index in [4.69, 9.17) is 9.47 Å². The third kappa shape index (κ3) is 7.02. The first-order valence-electron chi connectivity index (χ1n) is 11.7. The first-order chi connectivity index (χ1) is 16.4. The van der Waals surface area contributed by atoms with Crippen molar-refractivity contribution in [2.45, 2.75) is 44.1 Å². The summed E-state index contributed by atoms with van der Waals surface area (Å²) in [5.41, 5.74) is 1.36. The highest BCUT2D eigenvalue weighted by Gasteiger charge is 2.38. The van der Waals surface area contributed by atoms with E-state index in [1.165, 1.54) is 0 Å². The average molecular weight is 490 g/mol. The molecular formula is C25H35N3O5S. The summed E-state index contributed by atoms with van der Waals surface area (Å²) in [5.74, 6) is 0.345. The molecule has 34 heavy (non-hydrogen) atoms. The van der Waals surface area contributed by atoms with E-state index in [-0.39, 0.29) is 23.9 Å². The average Bonchev–Trinajstić information content (AvgIpc) is 2.86. The molecule has 2 aromatic rings. The summed E-state index contributed by atoms with van der Waals surface area (Å²) >= 11 is 0. The van der Waals surface area contributed by atoms with Gasteiger partial charge < -0.3 is 14.8 Å². The van der Waals surface area contributed by atoms with Crippen molar-refractivity contribution in [1.82, 2.24) is 14.8 Å². The summed E-state index contributed by atoms with van der Waals surface area (Å²) in [4.78, 5) is 12.9. The van der Waals surface area contributed by atoms with Gasteiger partial charge in [0, 0.05) is 31.2 Å². The summed E-state index contributed by atoms with van der Waals surface area (Å²) in [6.45, 7) is 3.45. The Hall–Kier alpha value is -2.46. The molecule has 0 aliphatic heterocycles. The van der Waals surface area contributed by atoms with Gasteiger partial charge in [-0.05, 0) is 50.3 Å². The van der Waals surface area contributed by atoms with E-state index < -0.39 is 10.2 Å². The number of ether oxygens (including phenoxy) is 2. The Balaban J connectivity index is 1.66. The second kappa shape index (κ2) is 12.3. The van der Waals surface area contributed by atoms with Crippen LogP contribution in [0.15, 0.2) is 54.6 Å². The molecule has 8 nitrogen and oxygen atoms in total. The molecule has 0 atom stereocenters. The topological polar surface area (TPSA) is 106 Å². The van der Waals surface area contributed by atoms with Gasteiger partial charge in [0.15, 0.2) is 0 Å². The second-order valence-corrected chi connectivity index (χ2v) is 10.0. The van der Waals surface area contributed by atoms with Crippen LogP contribution in [0.25, 0.3) is 0 Å². The Morgan fingerprint density at radius 2 is 1.74 bits per heavy atom. The number of methoxy groups -OCH3 is 1. The molecule has 0 heterocycles. The number of carbonyl (C=O) groups is 1. The normalized spacial score (nSPS) is 20.6. The molecule has 3 N–H and O–H groups in total. The fourth-order valence-electron chi connectivity index (χ4n) is 4.48. The van der Waals surface area contributed by atoms with E-state index >= 15 is 0 Å². The molecule has 0 saturated heterocycles. The highest BCUT2D eigenvalue weighted by Crippen LogP contribution is 2.39. The van der Waals surface area contributed by atoms with E-state index in [9.17, 15) is 13.2 Å². The summed E-state index contributed by atoms with van der Waals surface area (Å²) in [5, 5.41) is 3.10. The lowest BCUT2D eigenvalue weighted by Crippen LogP contribution is -2.49. The molecule has 0 spiro atoms. The molecule has 0 bridgehead atoms. The number of carbonyl (C=O) groups excluding carboxylic acids is 1. The number of rotatable bonds is 12. The highest BCUT2D eigenvalue weighted by atomic mass is 32.2. The molecule has 0 aromatic heterocycles. The zero-order valence-electron chi connectivity index (χ0n) is 19.9. The van der Waals surface area contributed by atoms with E-state index in [1.54, 1.807) is 19.2 Å². The molecule has 1 amide bonds. The molecule has 2 aromatic carbocycles. The van der Waals surface area contributed by atoms with Crippen LogP contribution in [0, 0.1) is 0 Å². The van der Waals surface area contributed by atoms with Gasteiger partial charge in [-0.1, -0.05) is 42.5 Å². The molecular weight excluding hydrogens is 454 g/mol. The lowest BCUT2D eigenvalue weighted by atomic mass is 9.68. The zero-order valence-corrected chi connectivity index (χ0v) is 20.7. The summed E-state index contributed by atoms with van der Waals surface area (Å²) in [7, 11) is -2.05. The predicted octanol–water partition coefficient (Wildman–Crippen LogP) is 2.77. The molecule has 0 radical (unpaired) electrons. The fraction of sp³-hybridized carbons (Fsp3) is 0.480. The summed E-state index contributed by atoms with van der Waals surface area (Å²) in [6, 6.07) is 17.1. The Bertz CT molecular complexity index is 1020. The smallest absolute Gasteiger partial charge is 0.277 e. The van der Waals surface area contributed by atoms with Crippen LogP contribution in [0.4, 0.5) is 0 Å². The van der Waals surface area contributed by atoms with Crippen LogP contribution in [0.5, 0.6) is 5.75 Å². The minimum atomic E-state index is -3.60. The second-order valence-electron chi connectivity index (χ2n) is 8.52. The SMILES string of the molecule is CCOCCNS(=O)(=O)N[C@H]1CC[C@](CNC(=O)c2ccccc2OC)(c2ccccc2)CC1. The van der Waals surface area contributed by atoms with E-state index in [2.05, 4.69) is 26.9 Å². The van der Waals surface area contributed by atoms with Gasteiger partial charge >= 0.3 is 0 Å². The summed E-state index contributed by atoms with van der Waals surface area (Å²) < 4.78 is 40.6. The third-order valence-electron chi connectivity index (χ3n) is 6.33. The maximum absolute atomic E-state index is 12.9. The van der Waals surface area contributed by atoms with Gasteiger partial charge in [0.2, 0.25) is 0 Å². The van der Waals surface area contributed by atoms with Crippen LogP contribution in [-0.4, -0.2) is 53.8 Å². The van der Waals surface area contributed by atoms with Crippen LogP contribution < -0.4 is 19.5 Å². The highest BCUT2D eigenvalue weighted by molar-refractivity contribution is 7.87. The summed E-state index contributed by atoms with van der Waals surface area (Å²) in [6.07, 6.45) is 2.84. The number of benzene rings is 2. The van der Waals surface area contributed by atoms with Crippen molar-refractivity contribution in [2.24, 2.45) is 0 Å². The van der Waals surface area contributed by atoms with Crippen LogP contribution >= 0.6 is 0 Å². The van der Waals surface area contributed by atoms with Crippen LogP contribution in [0.2, 0.25) is 0 Å². The van der Waals surface area contributed by atoms with Crippen molar-refractivity contribution >= 4 is 16.1 Å². The minimum absolute atomic E-state index is 0.161. The first kappa shape index (κ1) is 26.2. The zero-order chi connectivity index (χ0) is 24.4. The van der Waals surface area contributed by atoms with Gasteiger partial charge in [-0.15, -0.1) is 0 Å². The van der Waals surface area contributed by atoms with Gasteiger partial charge in [0.05, 0.1) is 19.3 Å². The Labute approximate surface area is 202 Å². The van der Waals surface area contributed by atoms with Gasteiger partial charge in [-0.25, -0.2) is 0 Å². The molecule has 1 saturated carbocycles. The van der Waals surface area contributed by atoms with Crippen LogP contribution in [0.3, 0.4) is 0 Å². The maximum Gasteiger partial charge on any atom is 0.277 e. The lowest BCUT2D eigenvalue weighted by Gasteiger charge is -2.41. The predicted molar refractivity (Wildman–Crippen MR) is 132 cm³/mol. The number of para-hydroxylation sites is 1. The van der Waals surface area contributed by atoms with Gasteiger partial charge in [0.1, 0.15) is 5.75 Å². The molecule has 1 aliphatic rings. The van der Waals surface area contributed by atoms with Crippen LogP contribution in [-0.2, 0) is 20.4 Å². The van der Waals surface area contributed by atoms with Crippen molar-refractivity contribution in [3.05, 3.63) is 65.7 Å². The Kier molecular flexibility index (Phi) is 9.46. The quantitative estimate of drug-likeness (QED) is 0.398. The molecule has 186 valence electrons. The monoisotopic (exact) mass is 489 g/mol. The lowest BCUT2D eigenvalue weighted by molar-refractivity contribution is 0.0932. The molecule has 9 heteroatoms. The van der Waals surface area contributed by atoms with Crippen molar-refractivity contribution in [3.8, 4) is 5.75 Å². The largest absolute Gasteiger partial charge is 0.496 e. The van der Waals surface area contributed by atoms with Crippen molar-refractivity contribution in [2.75, 3.05) is 33.4 Å². The molecule has 1 fully saturated rings. The number of nitrogens with one attached hydrogen (secondary N) is 3. The van der Waals surface area contributed by atoms with Crippen LogP contribution in [0.1, 0.15) is 48.5 Å². The number of hydrogen-bond donors (Lipinski definition) is 3. The Morgan fingerprint density at radius 1 is 1.06 bits per heavy atom. The molecule has 3 rings (SSSR count). The van der Waals surface area contributed by atoms with E-state index in [1.807, 2.05) is 37.3 Å². The number of amides is 1.